The van der Waals surface area contributed by atoms with Crippen LogP contribution in [0, 0.1) is 6.92 Å². The predicted octanol–water partition coefficient (Wildman–Crippen LogP) is 4.56. The lowest BCUT2D eigenvalue weighted by molar-refractivity contribution is 0.178. The Hall–Kier alpha value is -4.25. The number of amides is 1. The summed E-state index contributed by atoms with van der Waals surface area (Å²) in [5.74, 6) is 1.32. The Bertz CT molecular complexity index is 1550. The van der Waals surface area contributed by atoms with Crippen LogP contribution < -0.4 is 20.5 Å². The zero-order valence-corrected chi connectivity index (χ0v) is 21.8. The number of rotatable bonds is 8. The van der Waals surface area contributed by atoms with E-state index in [1.54, 1.807) is 31.3 Å². The molecule has 2 N–H and O–H groups in total. The maximum atomic E-state index is 13.0. The van der Waals surface area contributed by atoms with E-state index in [1.807, 2.05) is 32.0 Å². The van der Waals surface area contributed by atoms with Crippen LogP contribution in [0.4, 0.5) is 16.7 Å². The van der Waals surface area contributed by atoms with E-state index in [0.717, 1.165) is 11.1 Å². The number of carbonyl (C=O) groups excluding carboxylic acids is 1. The monoisotopic (exact) mass is 535 g/mol. The van der Waals surface area contributed by atoms with Gasteiger partial charge in [-0.2, -0.15) is 15.0 Å². The van der Waals surface area contributed by atoms with Gasteiger partial charge in [-0.15, -0.1) is 0 Å². The number of nitrogens with one attached hydrogen (secondary N) is 2. The lowest BCUT2D eigenvalue weighted by Crippen LogP contribution is -2.35. The Balaban J connectivity index is 1.38. The van der Waals surface area contributed by atoms with Crippen LogP contribution in [0.1, 0.15) is 43.4 Å². The molecule has 1 saturated heterocycles. The van der Waals surface area contributed by atoms with Gasteiger partial charge in [0.2, 0.25) is 11.9 Å². The molecule has 5 rings (SSSR count). The first-order chi connectivity index (χ1) is 18.3. The Morgan fingerprint density at radius 3 is 2.84 bits per heavy atom. The average Bonchev–Trinajstić information content (AvgIpc) is 3.28. The molecule has 0 radical (unpaired) electrons. The summed E-state index contributed by atoms with van der Waals surface area (Å²) < 4.78 is 11.0. The van der Waals surface area contributed by atoms with E-state index in [1.165, 1.54) is 4.90 Å². The zero-order valence-electron chi connectivity index (χ0n) is 21.1. The van der Waals surface area contributed by atoms with Crippen LogP contribution >= 0.6 is 11.6 Å². The van der Waals surface area contributed by atoms with Crippen molar-refractivity contribution in [1.82, 2.24) is 24.9 Å². The SMILES string of the molecule is CCC1COC(=O)N1c1nc(C)nc(N[C@@H](C)c2cc3cc(Cl)c(OCc4ccccn4)cc3[nH]c2=O)n1. The molecule has 11 nitrogen and oxygen atoms in total. The van der Waals surface area contributed by atoms with Crippen LogP contribution in [-0.4, -0.2) is 43.7 Å². The molecule has 1 aromatic carbocycles. The van der Waals surface area contributed by atoms with Crippen LogP contribution in [0.2, 0.25) is 5.02 Å². The number of aromatic amines is 1. The highest BCUT2D eigenvalue weighted by atomic mass is 35.5. The van der Waals surface area contributed by atoms with Gasteiger partial charge in [-0.05, 0) is 44.5 Å². The van der Waals surface area contributed by atoms with Crippen molar-refractivity contribution in [1.29, 1.82) is 0 Å². The van der Waals surface area contributed by atoms with E-state index in [0.29, 0.717) is 34.1 Å². The van der Waals surface area contributed by atoms with Crippen molar-refractivity contribution in [3.05, 3.63) is 75.1 Å². The summed E-state index contributed by atoms with van der Waals surface area (Å²) in [6, 6.07) is 10.1. The van der Waals surface area contributed by atoms with Gasteiger partial charge in [-0.25, -0.2) is 9.69 Å². The molecule has 3 aromatic heterocycles. The largest absolute Gasteiger partial charge is 0.486 e. The highest BCUT2D eigenvalue weighted by molar-refractivity contribution is 6.32. The minimum absolute atomic E-state index is 0.152. The van der Waals surface area contributed by atoms with E-state index < -0.39 is 12.1 Å². The molecular weight excluding hydrogens is 510 g/mol. The van der Waals surface area contributed by atoms with Gasteiger partial charge in [-0.3, -0.25) is 9.78 Å². The van der Waals surface area contributed by atoms with Crippen LogP contribution in [0.5, 0.6) is 5.75 Å². The summed E-state index contributed by atoms with van der Waals surface area (Å²) >= 11 is 6.48. The Morgan fingerprint density at radius 1 is 1.24 bits per heavy atom. The van der Waals surface area contributed by atoms with Crippen molar-refractivity contribution in [2.45, 2.75) is 45.9 Å². The molecule has 196 valence electrons. The molecule has 0 spiro atoms. The summed E-state index contributed by atoms with van der Waals surface area (Å²) in [5.41, 5.74) is 1.52. The minimum Gasteiger partial charge on any atom is -0.486 e. The maximum Gasteiger partial charge on any atom is 0.417 e. The fraction of sp³-hybridized carbons (Fsp3) is 0.308. The number of carbonyl (C=O) groups is 1. The van der Waals surface area contributed by atoms with Crippen LogP contribution in [0.25, 0.3) is 10.9 Å². The molecule has 4 heterocycles. The van der Waals surface area contributed by atoms with Gasteiger partial charge >= 0.3 is 6.09 Å². The van der Waals surface area contributed by atoms with Gasteiger partial charge in [0, 0.05) is 23.2 Å². The highest BCUT2D eigenvalue weighted by Gasteiger charge is 2.35. The van der Waals surface area contributed by atoms with Crippen molar-refractivity contribution in [3.8, 4) is 5.75 Å². The number of ether oxygens (including phenoxy) is 2. The number of nitrogens with zero attached hydrogens (tertiary/aromatic N) is 5. The maximum absolute atomic E-state index is 13.0. The first-order valence-corrected chi connectivity index (χ1v) is 12.5. The van der Waals surface area contributed by atoms with E-state index in [4.69, 9.17) is 21.1 Å². The van der Waals surface area contributed by atoms with E-state index in [9.17, 15) is 9.59 Å². The molecule has 0 aliphatic carbocycles. The quantitative estimate of drug-likeness (QED) is 0.333. The molecule has 0 saturated carbocycles. The number of hydrogen-bond acceptors (Lipinski definition) is 9. The van der Waals surface area contributed by atoms with Crippen LogP contribution in [0.15, 0.2) is 47.4 Å². The number of H-pyrrole nitrogens is 1. The molecule has 1 unspecified atom stereocenters. The summed E-state index contributed by atoms with van der Waals surface area (Å²) in [6.07, 6.45) is 1.89. The third-order valence-corrected chi connectivity index (χ3v) is 6.52. The number of pyridine rings is 2. The summed E-state index contributed by atoms with van der Waals surface area (Å²) in [5, 5.41) is 4.30. The second kappa shape index (κ2) is 10.6. The molecule has 1 amide bonds. The fourth-order valence-corrected chi connectivity index (χ4v) is 4.44. The Kier molecular flexibility index (Phi) is 7.10. The molecule has 2 atom stereocenters. The molecule has 12 heteroatoms. The smallest absolute Gasteiger partial charge is 0.417 e. The number of cyclic esters (lactones) is 1. The Morgan fingerprint density at radius 2 is 2.08 bits per heavy atom. The number of benzene rings is 1. The molecule has 38 heavy (non-hydrogen) atoms. The lowest BCUT2D eigenvalue weighted by atomic mass is 10.1. The van der Waals surface area contributed by atoms with Gasteiger partial charge in [0.25, 0.3) is 5.56 Å². The summed E-state index contributed by atoms with van der Waals surface area (Å²) in [6.45, 7) is 6.02. The molecule has 4 aromatic rings. The van der Waals surface area contributed by atoms with Gasteiger partial charge < -0.3 is 19.8 Å². The third-order valence-electron chi connectivity index (χ3n) is 6.22. The van der Waals surface area contributed by atoms with Crippen molar-refractivity contribution < 1.29 is 14.3 Å². The third kappa shape index (κ3) is 5.23. The zero-order chi connectivity index (χ0) is 26.8. The first-order valence-electron chi connectivity index (χ1n) is 12.2. The summed E-state index contributed by atoms with van der Waals surface area (Å²) in [7, 11) is 0. The first kappa shape index (κ1) is 25.4. The van der Waals surface area contributed by atoms with Gasteiger partial charge in [0.15, 0.2) is 0 Å². The fourth-order valence-electron chi connectivity index (χ4n) is 4.21. The molecule has 1 aliphatic rings. The predicted molar refractivity (Wildman–Crippen MR) is 143 cm³/mol. The topological polar surface area (TPSA) is 135 Å². The molecule has 1 fully saturated rings. The number of hydrogen-bond donors (Lipinski definition) is 2. The number of aromatic nitrogens is 5. The number of anilines is 2. The average molecular weight is 536 g/mol. The summed E-state index contributed by atoms with van der Waals surface area (Å²) in [4.78, 5) is 46.9. The standard InChI is InChI=1S/C26H26ClN7O4/c1-4-18-13-38-26(36)34(18)25-31-15(3)30-24(33-25)29-14(2)19-9-16-10-20(27)22(11-21(16)32-23(19)35)37-12-17-7-5-6-8-28-17/h5-11,14,18H,4,12-13H2,1-3H3,(H,32,35)(H,29,30,31,33)/t14-,18?/m0/s1. The van der Waals surface area contributed by atoms with E-state index >= 15 is 0 Å². The number of halogens is 1. The van der Waals surface area contributed by atoms with Gasteiger partial charge in [0.05, 0.1) is 28.3 Å². The van der Waals surface area contributed by atoms with Crippen LogP contribution in [0.3, 0.4) is 0 Å². The number of aryl methyl sites for hydroxylation is 1. The van der Waals surface area contributed by atoms with Crippen molar-refractivity contribution >= 4 is 40.5 Å². The van der Waals surface area contributed by atoms with Gasteiger partial charge in [-0.1, -0.05) is 24.6 Å². The molecular formula is C26H26ClN7O4. The Labute approximate surface area is 223 Å². The second-order valence-corrected chi connectivity index (χ2v) is 9.32. The highest BCUT2D eigenvalue weighted by Crippen LogP contribution is 2.31. The van der Waals surface area contributed by atoms with E-state index in [-0.39, 0.29) is 36.7 Å². The second-order valence-electron chi connectivity index (χ2n) is 8.91. The van der Waals surface area contributed by atoms with Crippen molar-refractivity contribution in [2.75, 3.05) is 16.8 Å². The normalized spacial score (nSPS) is 15.9. The lowest BCUT2D eigenvalue weighted by Gasteiger charge is -2.20. The van der Waals surface area contributed by atoms with Crippen molar-refractivity contribution in [2.24, 2.45) is 0 Å². The molecule has 1 aliphatic heterocycles. The van der Waals surface area contributed by atoms with Crippen molar-refractivity contribution in [3.63, 3.8) is 0 Å². The van der Waals surface area contributed by atoms with E-state index in [2.05, 4.69) is 30.2 Å². The van der Waals surface area contributed by atoms with Crippen LogP contribution in [-0.2, 0) is 11.3 Å². The minimum atomic E-state index is -0.493. The van der Waals surface area contributed by atoms with Gasteiger partial charge in [0.1, 0.15) is 24.8 Å². The number of fused-ring (bicyclic) bond motifs is 1. The molecule has 0 bridgehead atoms.